The molecular weight excluding hydrogens is 290 g/mol. The van der Waals surface area contributed by atoms with Gasteiger partial charge in [0.25, 0.3) is 0 Å². The second-order valence-corrected chi connectivity index (χ2v) is 10.1. The fraction of sp³-hybridized carbons (Fsp3) is 0.733. The normalized spacial score (nSPS) is 19.4. The first-order chi connectivity index (χ1) is 9.31. The summed E-state index contributed by atoms with van der Waals surface area (Å²) >= 11 is 1.76. The topological polar surface area (TPSA) is 46.2 Å². The van der Waals surface area contributed by atoms with Crippen LogP contribution in [-0.2, 0) is 9.84 Å². The number of hydrogen-bond donors (Lipinski definition) is 1. The molecule has 1 aromatic heterocycles. The van der Waals surface area contributed by atoms with E-state index in [1.807, 2.05) is 0 Å². The van der Waals surface area contributed by atoms with Gasteiger partial charge in [-0.25, -0.2) is 8.42 Å². The van der Waals surface area contributed by atoms with E-state index in [0.717, 1.165) is 0 Å². The van der Waals surface area contributed by atoms with Gasteiger partial charge in [0.15, 0.2) is 9.84 Å². The standard InChI is InChI=1S/C15H25NO2S2/c1-15(2,20(3,17)18)11-16-14(12-7-4-5-8-12)13-9-6-10-19-13/h6,9-10,12,14,16H,4-5,7-8,11H2,1-3H3. The van der Waals surface area contributed by atoms with Crippen LogP contribution in [0.2, 0.25) is 0 Å². The van der Waals surface area contributed by atoms with Gasteiger partial charge in [-0.3, -0.25) is 0 Å². The fourth-order valence-corrected chi connectivity index (χ4v) is 3.98. The molecule has 1 heterocycles. The van der Waals surface area contributed by atoms with Crippen molar-refractivity contribution in [2.75, 3.05) is 12.8 Å². The molecule has 0 aliphatic heterocycles. The van der Waals surface area contributed by atoms with Crippen LogP contribution in [0.15, 0.2) is 17.5 Å². The lowest BCUT2D eigenvalue weighted by molar-refractivity contribution is 0.358. The quantitative estimate of drug-likeness (QED) is 0.875. The summed E-state index contributed by atoms with van der Waals surface area (Å²) in [6, 6.07) is 4.54. The second kappa shape index (κ2) is 6.16. The van der Waals surface area contributed by atoms with Crippen molar-refractivity contribution in [3.05, 3.63) is 22.4 Å². The molecule has 0 saturated heterocycles. The van der Waals surface area contributed by atoms with E-state index >= 15 is 0 Å². The van der Waals surface area contributed by atoms with Crippen molar-refractivity contribution in [2.24, 2.45) is 5.92 Å². The smallest absolute Gasteiger partial charge is 0.153 e. The molecule has 114 valence electrons. The first-order valence-electron chi connectivity index (χ1n) is 7.28. The van der Waals surface area contributed by atoms with Crippen molar-refractivity contribution in [2.45, 2.75) is 50.3 Å². The predicted molar refractivity (Wildman–Crippen MR) is 85.9 cm³/mol. The highest BCUT2D eigenvalue weighted by molar-refractivity contribution is 7.92. The summed E-state index contributed by atoms with van der Waals surface area (Å²) < 4.78 is 23.0. The Kier molecular flexibility index (Phi) is 4.92. The first kappa shape index (κ1) is 16.0. The summed E-state index contributed by atoms with van der Waals surface area (Å²) in [6.07, 6.45) is 6.40. The zero-order chi connectivity index (χ0) is 14.8. The molecule has 0 radical (unpaired) electrons. The minimum atomic E-state index is -3.05. The van der Waals surface area contributed by atoms with E-state index in [1.54, 1.807) is 25.2 Å². The van der Waals surface area contributed by atoms with Gasteiger partial charge in [0.05, 0.1) is 4.75 Å². The molecule has 1 saturated carbocycles. The lowest BCUT2D eigenvalue weighted by Gasteiger charge is -2.29. The van der Waals surface area contributed by atoms with Gasteiger partial charge in [-0.15, -0.1) is 11.3 Å². The Balaban J connectivity index is 2.09. The Morgan fingerprint density at radius 3 is 2.55 bits per heavy atom. The van der Waals surface area contributed by atoms with Crippen molar-refractivity contribution < 1.29 is 8.42 Å². The van der Waals surface area contributed by atoms with Gasteiger partial charge >= 0.3 is 0 Å². The molecule has 0 bridgehead atoms. The van der Waals surface area contributed by atoms with Crippen molar-refractivity contribution >= 4 is 21.2 Å². The van der Waals surface area contributed by atoms with Crippen LogP contribution in [-0.4, -0.2) is 26.0 Å². The van der Waals surface area contributed by atoms with E-state index < -0.39 is 14.6 Å². The highest BCUT2D eigenvalue weighted by Crippen LogP contribution is 2.37. The van der Waals surface area contributed by atoms with E-state index in [4.69, 9.17) is 0 Å². The van der Waals surface area contributed by atoms with Gasteiger partial charge in [-0.05, 0) is 44.1 Å². The zero-order valence-corrected chi connectivity index (χ0v) is 14.2. The van der Waals surface area contributed by atoms with E-state index in [2.05, 4.69) is 22.8 Å². The lowest BCUT2D eigenvalue weighted by atomic mass is 9.96. The van der Waals surface area contributed by atoms with Gasteiger partial charge in [-0.2, -0.15) is 0 Å². The number of thiophene rings is 1. The average Bonchev–Trinajstić information content (AvgIpc) is 2.99. The molecule has 1 unspecified atom stereocenters. The lowest BCUT2D eigenvalue weighted by Crippen LogP contribution is -2.43. The Hall–Kier alpha value is -0.390. The summed E-state index contributed by atoms with van der Waals surface area (Å²) in [7, 11) is -3.05. The Morgan fingerprint density at radius 2 is 2.05 bits per heavy atom. The van der Waals surface area contributed by atoms with Crippen LogP contribution in [0.1, 0.15) is 50.4 Å². The maximum absolute atomic E-state index is 11.8. The average molecular weight is 316 g/mol. The first-order valence-corrected chi connectivity index (χ1v) is 10.0. The SMILES string of the molecule is CC(C)(CNC(c1cccs1)C1CCCC1)S(C)(=O)=O. The van der Waals surface area contributed by atoms with Crippen molar-refractivity contribution in [1.29, 1.82) is 0 Å². The zero-order valence-electron chi connectivity index (χ0n) is 12.6. The fourth-order valence-electron chi connectivity index (χ4n) is 2.75. The maximum atomic E-state index is 11.8. The van der Waals surface area contributed by atoms with Crippen LogP contribution in [0.3, 0.4) is 0 Å². The monoisotopic (exact) mass is 315 g/mol. The van der Waals surface area contributed by atoms with Gasteiger partial charge < -0.3 is 5.32 Å². The van der Waals surface area contributed by atoms with Crippen LogP contribution in [0.5, 0.6) is 0 Å². The number of hydrogen-bond acceptors (Lipinski definition) is 4. The molecule has 1 fully saturated rings. The second-order valence-electron chi connectivity index (χ2n) is 6.45. The molecule has 2 rings (SSSR count). The van der Waals surface area contributed by atoms with Crippen molar-refractivity contribution in [3.63, 3.8) is 0 Å². The summed E-state index contributed by atoms with van der Waals surface area (Å²) in [6.45, 7) is 4.11. The van der Waals surface area contributed by atoms with E-state index in [0.29, 0.717) is 18.5 Å². The van der Waals surface area contributed by atoms with Crippen molar-refractivity contribution in [3.8, 4) is 0 Å². The van der Waals surface area contributed by atoms with Crippen LogP contribution in [0, 0.1) is 5.92 Å². The molecule has 0 aromatic carbocycles. The Bertz CT molecular complexity index is 514. The molecule has 20 heavy (non-hydrogen) atoms. The highest BCUT2D eigenvalue weighted by Gasteiger charge is 2.33. The number of nitrogens with one attached hydrogen (secondary N) is 1. The summed E-state index contributed by atoms with van der Waals surface area (Å²) in [5.74, 6) is 0.643. The van der Waals surface area contributed by atoms with E-state index in [9.17, 15) is 8.42 Å². The van der Waals surface area contributed by atoms with Gasteiger partial charge in [0.2, 0.25) is 0 Å². The molecular formula is C15H25NO2S2. The predicted octanol–water partition coefficient (Wildman–Crippen LogP) is 3.39. The molecule has 3 nitrogen and oxygen atoms in total. The molecule has 1 aliphatic carbocycles. The minimum Gasteiger partial charge on any atom is -0.307 e. The summed E-state index contributed by atoms with van der Waals surface area (Å²) in [5.41, 5.74) is 0. The van der Waals surface area contributed by atoms with Crippen LogP contribution in [0.25, 0.3) is 0 Å². The number of rotatable bonds is 6. The third-order valence-corrected chi connectivity index (χ3v) is 7.58. The molecule has 1 atom stereocenters. The van der Waals surface area contributed by atoms with Crippen LogP contribution in [0.4, 0.5) is 0 Å². The molecule has 1 aliphatic rings. The molecule has 5 heteroatoms. The van der Waals surface area contributed by atoms with Crippen molar-refractivity contribution in [1.82, 2.24) is 5.32 Å². The third-order valence-electron chi connectivity index (χ3n) is 4.47. The molecule has 0 amide bonds. The van der Waals surface area contributed by atoms with Crippen LogP contribution >= 0.6 is 11.3 Å². The number of sulfone groups is 1. The highest BCUT2D eigenvalue weighted by atomic mass is 32.2. The Labute approximate surface area is 126 Å². The largest absolute Gasteiger partial charge is 0.307 e. The molecule has 0 spiro atoms. The van der Waals surface area contributed by atoms with Gasteiger partial charge in [0, 0.05) is 23.7 Å². The van der Waals surface area contributed by atoms with E-state index in [-0.39, 0.29) is 0 Å². The van der Waals surface area contributed by atoms with Crippen LogP contribution < -0.4 is 5.32 Å². The summed E-state index contributed by atoms with van der Waals surface area (Å²) in [5, 5.41) is 5.64. The minimum absolute atomic E-state index is 0.304. The molecule has 1 N–H and O–H groups in total. The summed E-state index contributed by atoms with van der Waals surface area (Å²) in [4.78, 5) is 1.33. The third kappa shape index (κ3) is 3.62. The van der Waals surface area contributed by atoms with Gasteiger partial charge in [0.1, 0.15) is 0 Å². The van der Waals surface area contributed by atoms with E-state index in [1.165, 1.54) is 36.8 Å². The maximum Gasteiger partial charge on any atom is 0.153 e. The molecule has 1 aromatic rings. The van der Waals surface area contributed by atoms with Gasteiger partial charge in [-0.1, -0.05) is 18.9 Å². The Morgan fingerprint density at radius 1 is 1.40 bits per heavy atom.